The molecule has 9 heteroatoms. The van der Waals surface area contributed by atoms with Gasteiger partial charge in [-0.3, -0.25) is 9.59 Å². The first-order valence-corrected chi connectivity index (χ1v) is 14.1. The molecule has 40 heavy (non-hydrogen) atoms. The predicted molar refractivity (Wildman–Crippen MR) is 155 cm³/mol. The van der Waals surface area contributed by atoms with Crippen LogP contribution in [0.2, 0.25) is 0 Å². The summed E-state index contributed by atoms with van der Waals surface area (Å²) in [6, 6.07) is 12.0. The van der Waals surface area contributed by atoms with Crippen molar-refractivity contribution in [1.29, 1.82) is 0 Å². The number of rotatable bonds is 12. The first kappa shape index (κ1) is 29.1. The van der Waals surface area contributed by atoms with Crippen LogP contribution in [-0.2, 0) is 16.1 Å². The molecule has 9 nitrogen and oxygen atoms in total. The molecular weight excluding hydrogens is 506 g/mol. The van der Waals surface area contributed by atoms with Crippen molar-refractivity contribution in [2.75, 3.05) is 20.8 Å². The summed E-state index contributed by atoms with van der Waals surface area (Å²) in [6.07, 6.45) is 8.08. The van der Waals surface area contributed by atoms with Crippen molar-refractivity contribution in [1.82, 2.24) is 25.2 Å². The number of ether oxygens (including phenoxy) is 2. The lowest BCUT2D eigenvalue weighted by molar-refractivity contribution is -0.142. The van der Waals surface area contributed by atoms with Crippen molar-refractivity contribution >= 4 is 22.8 Å². The third kappa shape index (κ3) is 6.63. The lowest BCUT2D eigenvalue weighted by Gasteiger charge is -2.35. The van der Waals surface area contributed by atoms with Crippen LogP contribution in [0.25, 0.3) is 11.0 Å². The monoisotopic (exact) mass is 547 g/mol. The van der Waals surface area contributed by atoms with Gasteiger partial charge in [0.1, 0.15) is 18.1 Å². The van der Waals surface area contributed by atoms with E-state index in [1.165, 1.54) is 12.0 Å². The number of carbonyl (C=O) groups excluding carboxylic acids is 2. The van der Waals surface area contributed by atoms with Gasteiger partial charge in [0.15, 0.2) is 11.5 Å². The number of benzene rings is 2. The summed E-state index contributed by atoms with van der Waals surface area (Å²) in [6.45, 7) is 6.31. The molecule has 0 spiro atoms. The van der Waals surface area contributed by atoms with Gasteiger partial charge in [0.2, 0.25) is 11.8 Å². The zero-order valence-electron chi connectivity index (χ0n) is 24.3. The van der Waals surface area contributed by atoms with E-state index in [4.69, 9.17) is 9.47 Å². The molecule has 1 aromatic heterocycles. The van der Waals surface area contributed by atoms with E-state index in [0.717, 1.165) is 31.2 Å². The fourth-order valence-corrected chi connectivity index (χ4v) is 5.11. The van der Waals surface area contributed by atoms with Crippen molar-refractivity contribution in [2.45, 2.75) is 77.4 Å². The molecule has 0 aliphatic heterocycles. The van der Waals surface area contributed by atoms with Crippen molar-refractivity contribution in [3.8, 4) is 11.5 Å². The number of aromatic nitrogens is 3. The van der Waals surface area contributed by atoms with Crippen molar-refractivity contribution in [2.24, 2.45) is 0 Å². The van der Waals surface area contributed by atoms with Crippen LogP contribution in [0.15, 0.2) is 54.1 Å². The molecule has 0 unspecified atom stereocenters. The van der Waals surface area contributed by atoms with Crippen LogP contribution in [0.5, 0.6) is 11.5 Å². The molecule has 1 aliphatic carbocycles. The number of allylic oxidation sites excluding steroid dienone is 1. The first-order chi connectivity index (χ1) is 19.3. The Morgan fingerprint density at radius 3 is 2.60 bits per heavy atom. The number of amides is 2. The van der Waals surface area contributed by atoms with Crippen LogP contribution >= 0.6 is 0 Å². The van der Waals surface area contributed by atoms with Crippen LogP contribution in [0.1, 0.15) is 70.9 Å². The molecule has 0 saturated heterocycles. The second-order valence-corrected chi connectivity index (χ2v) is 10.9. The lowest BCUT2D eigenvalue weighted by atomic mass is 9.95. The summed E-state index contributed by atoms with van der Waals surface area (Å²) in [5, 5.41) is 11.6. The zero-order valence-corrected chi connectivity index (χ0v) is 24.3. The number of fused-ring (bicyclic) bond motifs is 1. The minimum Gasteiger partial charge on any atom is -0.493 e. The molecule has 2 aromatic carbocycles. The highest BCUT2D eigenvalue weighted by Crippen LogP contribution is 2.38. The van der Waals surface area contributed by atoms with Crippen LogP contribution < -0.4 is 14.8 Å². The van der Waals surface area contributed by atoms with Crippen molar-refractivity contribution in [3.05, 3.63) is 59.7 Å². The van der Waals surface area contributed by atoms with E-state index in [1.54, 1.807) is 29.9 Å². The minimum atomic E-state index is -0.942. The topological polar surface area (TPSA) is 98.6 Å². The first-order valence-electron chi connectivity index (χ1n) is 14.1. The van der Waals surface area contributed by atoms with Crippen molar-refractivity contribution in [3.63, 3.8) is 0 Å². The zero-order chi connectivity index (χ0) is 28.7. The molecule has 2 amide bonds. The summed E-state index contributed by atoms with van der Waals surface area (Å²) in [7, 11) is 3.11. The second-order valence-electron chi connectivity index (χ2n) is 10.9. The van der Waals surface area contributed by atoms with E-state index >= 15 is 0 Å². The fourth-order valence-electron chi connectivity index (χ4n) is 5.11. The van der Waals surface area contributed by atoms with E-state index in [-0.39, 0.29) is 18.4 Å². The summed E-state index contributed by atoms with van der Waals surface area (Å²) >= 11 is 0. The quantitative estimate of drug-likeness (QED) is 0.313. The summed E-state index contributed by atoms with van der Waals surface area (Å²) in [5.74, 6) is 0.428. The number of methoxy groups -OCH3 is 2. The van der Waals surface area contributed by atoms with Gasteiger partial charge in [-0.2, -0.15) is 0 Å². The number of carbonyl (C=O) groups is 2. The highest BCUT2D eigenvalue weighted by molar-refractivity contribution is 5.90. The molecule has 0 fully saturated rings. The molecule has 0 saturated carbocycles. The Morgan fingerprint density at radius 2 is 1.90 bits per heavy atom. The van der Waals surface area contributed by atoms with E-state index in [0.29, 0.717) is 35.5 Å². The van der Waals surface area contributed by atoms with Crippen LogP contribution in [-0.4, -0.2) is 58.0 Å². The molecular formula is C31H41N5O4. The van der Waals surface area contributed by atoms with E-state index < -0.39 is 11.6 Å². The molecule has 1 heterocycles. The Balaban J connectivity index is 1.78. The average Bonchev–Trinajstić information content (AvgIpc) is 3.37. The van der Waals surface area contributed by atoms with Gasteiger partial charge in [0, 0.05) is 17.6 Å². The normalized spacial score (nSPS) is 14.4. The third-order valence-corrected chi connectivity index (χ3v) is 7.72. The highest BCUT2D eigenvalue weighted by atomic mass is 16.5. The molecule has 1 aliphatic rings. The van der Waals surface area contributed by atoms with E-state index in [2.05, 4.69) is 21.7 Å². The van der Waals surface area contributed by atoms with Crippen molar-refractivity contribution < 1.29 is 19.1 Å². The summed E-state index contributed by atoms with van der Waals surface area (Å²) in [4.78, 5) is 30.0. The Labute approximate surface area is 236 Å². The fraction of sp³-hybridized carbons (Fsp3) is 0.484. The Kier molecular flexibility index (Phi) is 9.45. The van der Waals surface area contributed by atoms with Gasteiger partial charge in [-0.05, 0) is 70.6 Å². The smallest absolute Gasteiger partial charge is 0.248 e. The van der Waals surface area contributed by atoms with Gasteiger partial charge < -0.3 is 19.7 Å². The Bertz CT molecular complexity index is 1360. The average molecular weight is 548 g/mol. The number of nitrogens with zero attached hydrogens (tertiary/aromatic N) is 4. The van der Waals surface area contributed by atoms with Crippen LogP contribution in [0.3, 0.4) is 0 Å². The number of nitrogens with one attached hydrogen (secondary N) is 1. The molecule has 4 rings (SSSR count). The molecule has 1 atom stereocenters. The molecule has 0 bridgehead atoms. The standard InChI is InChI=1S/C31H41N5O4/c1-6-31(2,3)32-30(38)28(23-15-12-18-26(39-4)29(23)40-5)35(20-19-22-13-8-7-9-14-22)27(37)21-36-25-17-11-10-16-24(25)33-34-36/h10-13,15-18,28H,6-9,14,19-21H2,1-5H3,(H,32,38)/t28-/m1/s1. The minimum absolute atomic E-state index is 0.0488. The maximum atomic E-state index is 14.2. The van der Waals surface area contributed by atoms with E-state index in [9.17, 15) is 9.59 Å². The molecule has 214 valence electrons. The maximum Gasteiger partial charge on any atom is 0.248 e. The molecule has 1 N–H and O–H groups in total. The van der Waals surface area contributed by atoms with Crippen LogP contribution in [0, 0.1) is 0 Å². The Hall–Kier alpha value is -3.88. The second kappa shape index (κ2) is 13.0. The van der Waals surface area contributed by atoms with Gasteiger partial charge in [-0.25, -0.2) is 4.68 Å². The predicted octanol–water partition coefficient (Wildman–Crippen LogP) is 5.21. The van der Waals surface area contributed by atoms with Gasteiger partial charge in [0.25, 0.3) is 0 Å². The van der Waals surface area contributed by atoms with Gasteiger partial charge in [-0.1, -0.05) is 48.1 Å². The van der Waals surface area contributed by atoms with Crippen LogP contribution in [0.4, 0.5) is 0 Å². The largest absolute Gasteiger partial charge is 0.493 e. The Morgan fingerprint density at radius 1 is 1.10 bits per heavy atom. The summed E-state index contributed by atoms with van der Waals surface area (Å²) < 4.78 is 12.9. The van der Waals surface area contributed by atoms with Gasteiger partial charge in [-0.15, -0.1) is 5.10 Å². The number of para-hydroxylation sites is 2. The number of hydrogen-bond acceptors (Lipinski definition) is 6. The number of hydrogen-bond donors (Lipinski definition) is 1. The highest BCUT2D eigenvalue weighted by Gasteiger charge is 2.36. The van der Waals surface area contributed by atoms with Gasteiger partial charge >= 0.3 is 0 Å². The third-order valence-electron chi connectivity index (χ3n) is 7.72. The van der Waals surface area contributed by atoms with Gasteiger partial charge in [0.05, 0.1) is 19.7 Å². The van der Waals surface area contributed by atoms with E-state index in [1.807, 2.05) is 57.2 Å². The SMILES string of the molecule is CCC(C)(C)NC(=O)[C@@H](c1cccc(OC)c1OC)N(CCC1=CCCCC1)C(=O)Cn1nnc2ccccc21. The summed E-state index contributed by atoms with van der Waals surface area (Å²) in [5.41, 5.74) is 2.89. The lowest BCUT2D eigenvalue weighted by Crippen LogP contribution is -2.51. The molecule has 0 radical (unpaired) electrons. The molecule has 3 aromatic rings. The maximum absolute atomic E-state index is 14.2.